The third-order valence-electron chi connectivity index (χ3n) is 5.14. The van der Waals surface area contributed by atoms with Crippen molar-refractivity contribution in [3.63, 3.8) is 0 Å². The van der Waals surface area contributed by atoms with Crippen LogP contribution in [0.4, 0.5) is 0 Å². The molecule has 0 fully saturated rings. The van der Waals surface area contributed by atoms with Gasteiger partial charge in [-0.3, -0.25) is 0 Å². The van der Waals surface area contributed by atoms with Crippen molar-refractivity contribution in [2.75, 3.05) is 6.79 Å². The Morgan fingerprint density at radius 3 is 1.00 bits per heavy atom. The summed E-state index contributed by atoms with van der Waals surface area (Å²) in [5, 5.41) is 0. The minimum atomic E-state index is 0.228. The summed E-state index contributed by atoms with van der Waals surface area (Å²) in [5.41, 5.74) is 7.84. The second-order valence-corrected chi connectivity index (χ2v) is 8.18. The van der Waals surface area contributed by atoms with E-state index in [1.807, 2.05) is 62.4 Å². The van der Waals surface area contributed by atoms with Gasteiger partial charge in [0.1, 0.15) is 11.5 Å². The summed E-state index contributed by atoms with van der Waals surface area (Å²) >= 11 is 0. The SMILES string of the molecule is Cc1ccc(Cc2ccc(C)cc2)cc1.Cc1ccc(OCOc2ccc(C)cc2)cc1. The highest BCUT2D eigenvalue weighted by molar-refractivity contribution is 5.30. The van der Waals surface area contributed by atoms with Crippen molar-refractivity contribution in [1.82, 2.24) is 0 Å². The van der Waals surface area contributed by atoms with Gasteiger partial charge >= 0.3 is 0 Å². The van der Waals surface area contributed by atoms with Crippen LogP contribution in [0.25, 0.3) is 0 Å². The van der Waals surface area contributed by atoms with Gasteiger partial charge in [0.2, 0.25) is 6.79 Å². The smallest absolute Gasteiger partial charge is 0.230 e. The van der Waals surface area contributed by atoms with Gasteiger partial charge in [0.15, 0.2) is 0 Å². The number of aryl methyl sites for hydroxylation is 4. The molecule has 0 radical (unpaired) electrons. The van der Waals surface area contributed by atoms with Crippen molar-refractivity contribution in [2.45, 2.75) is 34.1 Å². The highest BCUT2D eigenvalue weighted by Gasteiger charge is 1.96. The number of hydrogen-bond acceptors (Lipinski definition) is 2. The quantitative estimate of drug-likeness (QED) is 0.296. The van der Waals surface area contributed by atoms with Crippen LogP contribution in [-0.4, -0.2) is 6.79 Å². The van der Waals surface area contributed by atoms with E-state index in [-0.39, 0.29) is 6.79 Å². The van der Waals surface area contributed by atoms with Gasteiger partial charge in [-0.05, 0) is 69.5 Å². The number of hydrogen-bond donors (Lipinski definition) is 0. The molecule has 4 aromatic rings. The maximum Gasteiger partial charge on any atom is 0.230 e. The van der Waals surface area contributed by atoms with E-state index in [1.54, 1.807) is 0 Å². The fourth-order valence-corrected chi connectivity index (χ4v) is 3.08. The van der Waals surface area contributed by atoms with Gasteiger partial charge in [0.25, 0.3) is 0 Å². The Balaban J connectivity index is 0.000000182. The molecule has 0 aliphatic rings. The highest BCUT2D eigenvalue weighted by atomic mass is 16.7. The van der Waals surface area contributed by atoms with Crippen LogP contribution in [0.2, 0.25) is 0 Å². The minimum absolute atomic E-state index is 0.228. The van der Waals surface area contributed by atoms with Gasteiger partial charge < -0.3 is 9.47 Å². The summed E-state index contributed by atoms with van der Waals surface area (Å²) in [6.45, 7) is 8.57. The van der Waals surface area contributed by atoms with Gasteiger partial charge in [-0.1, -0.05) is 95.1 Å². The Hall–Kier alpha value is -3.52. The van der Waals surface area contributed by atoms with Crippen molar-refractivity contribution in [2.24, 2.45) is 0 Å². The standard InChI is InChI=1S/C15H16O2.C15H16/c1-12-3-7-14(8-4-12)16-11-17-15-9-5-13(2)6-10-15;1-12-3-7-14(8-4-12)11-15-9-5-13(2)6-10-15/h3-10H,11H2,1-2H3;3-10H,11H2,1-2H3. The van der Waals surface area contributed by atoms with E-state index in [2.05, 4.69) is 62.4 Å². The molecule has 0 aliphatic heterocycles. The van der Waals surface area contributed by atoms with Crippen LogP contribution in [0.1, 0.15) is 33.4 Å². The van der Waals surface area contributed by atoms with Crippen LogP contribution >= 0.6 is 0 Å². The molecule has 164 valence electrons. The average Bonchev–Trinajstić information content (AvgIpc) is 2.80. The summed E-state index contributed by atoms with van der Waals surface area (Å²) in [5.74, 6) is 1.64. The Morgan fingerprint density at radius 1 is 0.406 bits per heavy atom. The maximum atomic E-state index is 5.47. The summed E-state index contributed by atoms with van der Waals surface area (Å²) in [6.07, 6.45) is 1.03. The molecule has 0 aromatic heterocycles. The average molecular weight is 425 g/mol. The fourth-order valence-electron chi connectivity index (χ4n) is 3.08. The molecular formula is C30H32O2. The first kappa shape index (κ1) is 23.1. The zero-order valence-electron chi connectivity index (χ0n) is 19.5. The summed E-state index contributed by atoms with van der Waals surface area (Å²) < 4.78 is 10.9. The second-order valence-electron chi connectivity index (χ2n) is 8.18. The van der Waals surface area contributed by atoms with E-state index in [4.69, 9.17) is 9.47 Å². The first-order chi connectivity index (χ1) is 15.5. The zero-order chi connectivity index (χ0) is 22.8. The normalized spacial score (nSPS) is 10.1. The van der Waals surface area contributed by atoms with E-state index in [1.165, 1.54) is 33.4 Å². The zero-order valence-corrected chi connectivity index (χ0v) is 19.5. The molecular weight excluding hydrogens is 392 g/mol. The van der Waals surface area contributed by atoms with Crippen LogP contribution in [-0.2, 0) is 6.42 Å². The van der Waals surface area contributed by atoms with Crippen molar-refractivity contribution in [1.29, 1.82) is 0 Å². The van der Waals surface area contributed by atoms with Crippen LogP contribution in [0.3, 0.4) is 0 Å². The topological polar surface area (TPSA) is 18.5 Å². The second kappa shape index (κ2) is 11.8. The van der Waals surface area contributed by atoms with Gasteiger partial charge in [-0.15, -0.1) is 0 Å². The van der Waals surface area contributed by atoms with E-state index in [9.17, 15) is 0 Å². The van der Waals surface area contributed by atoms with Crippen molar-refractivity contribution in [3.8, 4) is 11.5 Å². The maximum absolute atomic E-state index is 5.47. The van der Waals surface area contributed by atoms with Gasteiger partial charge in [0.05, 0.1) is 0 Å². The Kier molecular flexibility index (Phi) is 8.51. The van der Waals surface area contributed by atoms with Crippen molar-refractivity contribution < 1.29 is 9.47 Å². The lowest BCUT2D eigenvalue weighted by Gasteiger charge is -2.08. The predicted octanol–water partition coefficient (Wildman–Crippen LogP) is 7.61. The molecule has 32 heavy (non-hydrogen) atoms. The molecule has 0 atom stereocenters. The van der Waals surface area contributed by atoms with E-state index < -0.39 is 0 Å². The number of ether oxygens (including phenoxy) is 2. The first-order valence-corrected chi connectivity index (χ1v) is 11.0. The first-order valence-electron chi connectivity index (χ1n) is 11.0. The summed E-state index contributed by atoms with van der Waals surface area (Å²) in [4.78, 5) is 0. The summed E-state index contributed by atoms with van der Waals surface area (Å²) in [6, 6.07) is 33.3. The third-order valence-corrected chi connectivity index (χ3v) is 5.14. The molecule has 4 rings (SSSR count). The van der Waals surface area contributed by atoms with Crippen LogP contribution < -0.4 is 9.47 Å². The van der Waals surface area contributed by atoms with Gasteiger partial charge in [-0.25, -0.2) is 0 Å². The van der Waals surface area contributed by atoms with Crippen LogP contribution in [0.15, 0.2) is 97.1 Å². The highest BCUT2D eigenvalue weighted by Crippen LogP contribution is 2.14. The molecule has 4 aromatic carbocycles. The number of rotatable bonds is 6. The fraction of sp³-hybridized carbons (Fsp3) is 0.200. The molecule has 2 heteroatoms. The lowest BCUT2D eigenvalue weighted by molar-refractivity contribution is 0.120. The molecule has 0 N–H and O–H groups in total. The molecule has 0 amide bonds. The van der Waals surface area contributed by atoms with E-state index in [0.29, 0.717) is 0 Å². The monoisotopic (exact) mass is 424 g/mol. The van der Waals surface area contributed by atoms with Crippen molar-refractivity contribution >= 4 is 0 Å². The minimum Gasteiger partial charge on any atom is -0.458 e. The largest absolute Gasteiger partial charge is 0.458 e. The molecule has 0 spiro atoms. The molecule has 0 saturated heterocycles. The Bertz CT molecular complexity index is 973. The molecule has 0 heterocycles. The molecule has 0 saturated carbocycles. The predicted molar refractivity (Wildman–Crippen MR) is 134 cm³/mol. The summed E-state index contributed by atoms with van der Waals surface area (Å²) in [7, 11) is 0. The molecule has 0 aliphatic carbocycles. The Labute approximate surface area is 192 Å². The molecule has 0 unspecified atom stereocenters. The van der Waals surface area contributed by atoms with Crippen molar-refractivity contribution in [3.05, 3.63) is 130 Å². The Morgan fingerprint density at radius 2 is 0.688 bits per heavy atom. The third kappa shape index (κ3) is 7.96. The van der Waals surface area contributed by atoms with Crippen LogP contribution in [0, 0.1) is 27.7 Å². The molecule has 2 nitrogen and oxygen atoms in total. The number of benzene rings is 4. The van der Waals surface area contributed by atoms with Gasteiger partial charge in [-0.2, -0.15) is 0 Å². The lowest BCUT2D eigenvalue weighted by atomic mass is 10.0. The molecule has 0 bridgehead atoms. The van der Waals surface area contributed by atoms with E-state index in [0.717, 1.165) is 17.9 Å². The van der Waals surface area contributed by atoms with E-state index >= 15 is 0 Å². The van der Waals surface area contributed by atoms with Gasteiger partial charge in [0, 0.05) is 0 Å². The van der Waals surface area contributed by atoms with Crippen LogP contribution in [0.5, 0.6) is 11.5 Å². The lowest BCUT2D eigenvalue weighted by Crippen LogP contribution is -2.05.